The molecule has 0 amide bonds. The standard InChI is InChI=1S/C22H33N3OS/c1-6-7-15-22(23-5,24-27(26)21(2,3)4)20-13-16-25(17-14-20)18-19-11-9-8-10-12-19/h6,8-12,20,24H,1,7,13-18H2,2-4H3/t22-,27+/m0/s1. The van der Waals surface area contributed by atoms with Crippen LogP contribution in [0.2, 0.25) is 0 Å². The third kappa shape index (κ3) is 6.08. The minimum atomic E-state index is -1.26. The molecule has 0 bridgehead atoms. The third-order valence-corrected chi connectivity index (χ3v) is 6.92. The van der Waals surface area contributed by atoms with Crippen molar-refractivity contribution in [3.05, 3.63) is 60.0 Å². The minimum Gasteiger partial charge on any atom is -0.597 e. The highest BCUT2D eigenvalue weighted by atomic mass is 32.2. The summed E-state index contributed by atoms with van der Waals surface area (Å²) in [7, 11) is 0. The zero-order valence-corrected chi connectivity index (χ0v) is 17.7. The third-order valence-electron chi connectivity index (χ3n) is 5.27. The largest absolute Gasteiger partial charge is 0.597 e. The summed E-state index contributed by atoms with van der Waals surface area (Å²) in [6.45, 7) is 20.5. The Labute approximate surface area is 168 Å². The van der Waals surface area contributed by atoms with Crippen molar-refractivity contribution in [3.63, 3.8) is 0 Å². The molecule has 0 spiro atoms. The van der Waals surface area contributed by atoms with Crippen molar-refractivity contribution in [2.24, 2.45) is 5.92 Å². The van der Waals surface area contributed by atoms with E-state index in [0.717, 1.165) is 38.9 Å². The molecular formula is C22H33N3OS. The van der Waals surface area contributed by atoms with Gasteiger partial charge in [0.2, 0.25) is 0 Å². The summed E-state index contributed by atoms with van der Waals surface area (Å²) in [4.78, 5) is 6.48. The Morgan fingerprint density at radius 2 is 1.93 bits per heavy atom. The molecule has 148 valence electrons. The molecule has 4 nitrogen and oxygen atoms in total. The van der Waals surface area contributed by atoms with E-state index in [2.05, 4.69) is 45.3 Å². The molecule has 1 aliphatic heterocycles. The average molecular weight is 388 g/mol. The van der Waals surface area contributed by atoms with Crippen LogP contribution in [-0.2, 0) is 17.9 Å². The molecular weight excluding hydrogens is 354 g/mol. The lowest BCUT2D eigenvalue weighted by atomic mass is 9.82. The molecule has 1 N–H and O–H groups in total. The predicted molar refractivity (Wildman–Crippen MR) is 114 cm³/mol. The summed E-state index contributed by atoms with van der Waals surface area (Å²) in [5, 5.41) is 0. The van der Waals surface area contributed by atoms with Gasteiger partial charge in [-0.15, -0.1) is 6.58 Å². The van der Waals surface area contributed by atoms with Crippen LogP contribution in [-0.4, -0.2) is 33.0 Å². The molecule has 1 heterocycles. The van der Waals surface area contributed by atoms with E-state index in [0.29, 0.717) is 6.42 Å². The summed E-state index contributed by atoms with van der Waals surface area (Å²) in [5.74, 6) is 0.202. The highest BCUT2D eigenvalue weighted by molar-refractivity contribution is 7.90. The molecule has 0 aliphatic carbocycles. The first-order valence-corrected chi connectivity index (χ1v) is 10.9. The van der Waals surface area contributed by atoms with Crippen LogP contribution >= 0.6 is 0 Å². The van der Waals surface area contributed by atoms with Crippen molar-refractivity contribution in [1.29, 1.82) is 0 Å². The zero-order valence-electron chi connectivity index (χ0n) is 16.9. The quantitative estimate of drug-likeness (QED) is 0.405. The monoisotopic (exact) mass is 387 g/mol. The maximum Gasteiger partial charge on any atom is 0.326 e. The van der Waals surface area contributed by atoms with E-state index >= 15 is 0 Å². The molecule has 0 aromatic heterocycles. The Hall–Kier alpha value is -1.32. The van der Waals surface area contributed by atoms with Crippen LogP contribution in [0.15, 0.2) is 43.0 Å². The second kappa shape index (κ2) is 9.75. The molecule has 2 rings (SSSR count). The molecule has 1 saturated heterocycles. The smallest absolute Gasteiger partial charge is 0.326 e. The van der Waals surface area contributed by atoms with E-state index in [-0.39, 0.29) is 5.92 Å². The van der Waals surface area contributed by atoms with Gasteiger partial charge in [0.25, 0.3) is 0 Å². The van der Waals surface area contributed by atoms with Gasteiger partial charge in [-0.05, 0) is 58.7 Å². The summed E-state index contributed by atoms with van der Waals surface area (Å²) in [6.07, 6.45) is 5.15. The van der Waals surface area contributed by atoms with Gasteiger partial charge in [-0.3, -0.25) is 9.74 Å². The number of likely N-dealkylation sites (tertiary alicyclic amines) is 1. The van der Waals surface area contributed by atoms with Crippen molar-refractivity contribution in [1.82, 2.24) is 9.62 Å². The Morgan fingerprint density at radius 1 is 1.30 bits per heavy atom. The number of hydrogen-bond donors (Lipinski definition) is 1. The highest BCUT2D eigenvalue weighted by Crippen LogP contribution is 2.36. The van der Waals surface area contributed by atoms with E-state index in [4.69, 9.17) is 6.57 Å². The van der Waals surface area contributed by atoms with Gasteiger partial charge in [0.1, 0.15) is 4.75 Å². The summed E-state index contributed by atoms with van der Waals surface area (Å²) < 4.78 is 15.6. The van der Waals surface area contributed by atoms with Crippen LogP contribution in [0.5, 0.6) is 0 Å². The van der Waals surface area contributed by atoms with E-state index < -0.39 is 21.8 Å². The number of benzene rings is 1. The van der Waals surface area contributed by atoms with Crippen LogP contribution in [0.3, 0.4) is 0 Å². The lowest BCUT2D eigenvalue weighted by molar-refractivity contribution is 0.130. The van der Waals surface area contributed by atoms with E-state index in [1.54, 1.807) is 0 Å². The number of hydrogen-bond acceptors (Lipinski definition) is 3. The molecule has 1 aromatic carbocycles. The number of nitrogens with zero attached hydrogens (tertiary/aromatic N) is 2. The molecule has 27 heavy (non-hydrogen) atoms. The highest BCUT2D eigenvalue weighted by Gasteiger charge is 2.51. The Kier molecular flexibility index (Phi) is 7.93. The summed E-state index contributed by atoms with van der Waals surface area (Å²) in [5.41, 5.74) is 0.552. The molecule has 1 aliphatic rings. The van der Waals surface area contributed by atoms with Crippen molar-refractivity contribution in [2.45, 2.75) is 63.4 Å². The average Bonchev–Trinajstić information content (AvgIpc) is 2.66. The molecule has 0 radical (unpaired) electrons. The predicted octanol–water partition coefficient (Wildman–Crippen LogP) is 4.53. The van der Waals surface area contributed by atoms with Crippen LogP contribution in [0.1, 0.15) is 52.0 Å². The van der Waals surface area contributed by atoms with Gasteiger partial charge in [0, 0.05) is 13.0 Å². The first-order chi connectivity index (χ1) is 12.8. The van der Waals surface area contributed by atoms with Gasteiger partial charge in [-0.2, -0.15) is 0 Å². The number of nitrogens with one attached hydrogen (secondary N) is 1. The fraction of sp³-hybridized carbons (Fsp3) is 0.591. The normalized spacial score (nSPS) is 19.8. The number of allylic oxidation sites excluding steroid dienone is 1. The topological polar surface area (TPSA) is 42.7 Å². The second-order valence-corrected chi connectivity index (χ2v) is 10.3. The maximum atomic E-state index is 12.8. The lowest BCUT2D eigenvalue weighted by Gasteiger charge is -2.38. The SMILES string of the molecule is [C-]#[N+][C@@](CCC=C)(N[S@+]([O-])C(C)(C)C)C1CCN(Cc2ccccc2)CC1. The van der Waals surface area contributed by atoms with Gasteiger partial charge in [-0.25, -0.2) is 6.57 Å². The number of piperidine rings is 1. The molecule has 0 unspecified atom stereocenters. The van der Waals surface area contributed by atoms with Crippen LogP contribution in [0.4, 0.5) is 0 Å². The second-order valence-electron chi connectivity index (χ2n) is 8.38. The number of rotatable bonds is 8. The summed E-state index contributed by atoms with van der Waals surface area (Å²) >= 11 is -1.26. The fourth-order valence-electron chi connectivity index (χ4n) is 3.55. The Morgan fingerprint density at radius 3 is 2.44 bits per heavy atom. The lowest BCUT2D eigenvalue weighted by Crippen LogP contribution is -2.57. The molecule has 2 atom stereocenters. The van der Waals surface area contributed by atoms with Gasteiger partial charge in [0.15, 0.2) is 0 Å². The van der Waals surface area contributed by atoms with Crippen LogP contribution in [0.25, 0.3) is 4.85 Å². The van der Waals surface area contributed by atoms with Gasteiger partial charge in [-0.1, -0.05) is 41.1 Å². The van der Waals surface area contributed by atoms with Crippen molar-refractivity contribution >= 4 is 11.4 Å². The van der Waals surface area contributed by atoms with E-state index in [9.17, 15) is 4.55 Å². The molecule has 0 saturated carbocycles. The van der Waals surface area contributed by atoms with Crippen molar-refractivity contribution in [3.8, 4) is 0 Å². The van der Waals surface area contributed by atoms with E-state index in [1.165, 1.54) is 5.56 Å². The summed E-state index contributed by atoms with van der Waals surface area (Å²) in [6, 6.07) is 10.5. The van der Waals surface area contributed by atoms with Crippen LogP contribution in [0, 0.1) is 12.5 Å². The van der Waals surface area contributed by atoms with Gasteiger partial charge < -0.3 is 4.55 Å². The first kappa shape index (κ1) is 22.0. The van der Waals surface area contributed by atoms with E-state index in [1.807, 2.05) is 32.9 Å². The van der Waals surface area contributed by atoms with Gasteiger partial charge in [0.05, 0.1) is 17.3 Å². The van der Waals surface area contributed by atoms with Crippen molar-refractivity contribution < 1.29 is 4.55 Å². The molecule has 1 fully saturated rings. The molecule has 5 heteroatoms. The maximum absolute atomic E-state index is 12.8. The fourth-order valence-corrected chi connectivity index (χ4v) is 4.50. The Bertz CT molecular complexity index is 629. The zero-order chi connectivity index (χ0) is 19.9. The van der Waals surface area contributed by atoms with Gasteiger partial charge >= 0.3 is 5.66 Å². The minimum absolute atomic E-state index is 0.202. The molecule has 1 aromatic rings. The van der Waals surface area contributed by atoms with Crippen molar-refractivity contribution in [2.75, 3.05) is 13.1 Å². The van der Waals surface area contributed by atoms with Crippen LogP contribution < -0.4 is 4.72 Å². The first-order valence-electron chi connectivity index (χ1n) is 9.76. The Balaban J connectivity index is 2.06.